The molecule has 0 atom stereocenters. The van der Waals surface area contributed by atoms with Crippen molar-refractivity contribution in [1.29, 1.82) is 0 Å². The molecule has 1 aromatic carbocycles. The predicted molar refractivity (Wildman–Crippen MR) is 92.9 cm³/mol. The Labute approximate surface area is 146 Å². The molecule has 0 fully saturated rings. The average Bonchev–Trinajstić information content (AvgIpc) is 3.26. The lowest BCUT2D eigenvalue weighted by Gasteiger charge is -2.08. The Balaban J connectivity index is 1.90. The van der Waals surface area contributed by atoms with Crippen LogP contribution in [-0.4, -0.2) is 26.2 Å². The second-order valence-electron chi connectivity index (χ2n) is 5.24. The van der Waals surface area contributed by atoms with Gasteiger partial charge in [0.15, 0.2) is 5.65 Å². The van der Waals surface area contributed by atoms with Crippen molar-refractivity contribution >= 4 is 17.2 Å². The molecule has 8 heteroatoms. The zero-order valence-electron chi connectivity index (χ0n) is 13.2. The molecule has 0 aliphatic heterocycles. The molecule has 126 valence electrons. The van der Waals surface area contributed by atoms with Crippen molar-refractivity contribution < 1.29 is 9.15 Å². The van der Waals surface area contributed by atoms with E-state index in [-0.39, 0.29) is 5.56 Å². The van der Waals surface area contributed by atoms with E-state index in [1.807, 2.05) is 6.92 Å². The molecule has 1 N–H and O–H groups in total. The molecule has 0 amide bonds. The SMILES string of the molecule is CCOc1cc(-c2cc(=O)n3[nH]cc(-c4ncco4)c3n2)ccc1Cl. The van der Waals surface area contributed by atoms with E-state index in [4.69, 9.17) is 20.8 Å². The lowest BCUT2D eigenvalue weighted by molar-refractivity contribution is 0.340. The van der Waals surface area contributed by atoms with E-state index in [1.54, 1.807) is 24.4 Å². The molecule has 0 saturated heterocycles. The summed E-state index contributed by atoms with van der Waals surface area (Å²) in [5, 5.41) is 3.37. The van der Waals surface area contributed by atoms with Crippen LogP contribution in [0.3, 0.4) is 0 Å². The maximum atomic E-state index is 12.4. The fourth-order valence-electron chi connectivity index (χ4n) is 2.57. The molecular weight excluding hydrogens is 344 g/mol. The van der Waals surface area contributed by atoms with Crippen molar-refractivity contribution in [3.8, 4) is 28.5 Å². The van der Waals surface area contributed by atoms with Gasteiger partial charge >= 0.3 is 0 Å². The summed E-state index contributed by atoms with van der Waals surface area (Å²) in [5.74, 6) is 0.930. The third-order valence-corrected chi connectivity index (χ3v) is 4.00. The zero-order valence-corrected chi connectivity index (χ0v) is 13.9. The minimum Gasteiger partial charge on any atom is -0.492 e. The molecule has 0 unspecified atom stereocenters. The molecule has 3 heterocycles. The first-order valence-corrected chi connectivity index (χ1v) is 7.99. The van der Waals surface area contributed by atoms with Gasteiger partial charge in [-0.1, -0.05) is 17.7 Å². The maximum absolute atomic E-state index is 12.4. The van der Waals surface area contributed by atoms with Gasteiger partial charge in [0.1, 0.15) is 12.0 Å². The van der Waals surface area contributed by atoms with Crippen molar-refractivity contribution in [2.75, 3.05) is 6.61 Å². The largest absolute Gasteiger partial charge is 0.492 e. The first kappa shape index (κ1) is 15.5. The van der Waals surface area contributed by atoms with E-state index in [0.29, 0.717) is 40.2 Å². The van der Waals surface area contributed by atoms with Crippen LogP contribution in [0, 0.1) is 0 Å². The van der Waals surface area contributed by atoms with Crippen LogP contribution in [0.25, 0.3) is 28.4 Å². The van der Waals surface area contributed by atoms with E-state index in [9.17, 15) is 4.79 Å². The number of hydrogen-bond donors (Lipinski definition) is 1. The zero-order chi connectivity index (χ0) is 17.4. The molecule has 0 bridgehead atoms. The molecule has 3 aromatic heterocycles. The van der Waals surface area contributed by atoms with Gasteiger partial charge in [-0.15, -0.1) is 0 Å². The molecule has 0 radical (unpaired) electrons. The van der Waals surface area contributed by atoms with Crippen LogP contribution in [0.2, 0.25) is 5.02 Å². The van der Waals surface area contributed by atoms with Gasteiger partial charge in [-0.25, -0.2) is 14.5 Å². The summed E-state index contributed by atoms with van der Waals surface area (Å²) in [6, 6.07) is 6.72. The van der Waals surface area contributed by atoms with Crippen LogP contribution in [0.4, 0.5) is 0 Å². The monoisotopic (exact) mass is 356 g/mol. The van der Waals surface area contributed by atoms with Gasteiger partial charge in [-0.05, 0) is 19.1 Å². The van der Waals surface area contributed by atoms with Crippen LogP contribution in [0.5, 0.6) is 5.75 Å². The van der Waals surface area contributed by atoms with E-state index >= 15 is 0 Å². The lowest BCUT2D eigenvalue weighted by Crippen LogP contribution is -2.14. The Bertz CT molecular complexity index is 1100. The molecule has 0 aliphatic rings. The number of rotatable bonds is 4. The number of ether oxygens (including phenoxy) is 1. The highest BCUT2D eigenvalue weighted by Gasteiger charge is 2.15. The van der Waals surface area contributed by atoms with Crippen LogP contribution in [0.1, 0.15) is 6.92 Å². The fraction of sp³-hybridized carbons (Fsp3) is 0.118. The van der Waals surface area contributed by atoms with Crippen LogP contribution in [-0.2, 0) is 0 Å². The number of nitrogens with zero attached hydrogens (tertiary/aromatic N) is 3. The third-order valence-electron chi connectivity index (χ3n) is 3.69. The number of fused-ring (bicyclic) bond motifs is 1. The molecule has 25 heavy (non-hydrogen) atoms. The van der Waals surface area contributed by atoms with Gasteiger partial charge in [0.25, 0.3) is 5.56 Å². The fourth-order valence-corrected chi connectivity index (χ4v) is 2.74. The average molecular weight is 357 g/mol. The Morgan fingerprint density at radius 3 is 3.00 bits per heavy atom. The number of halogens is 1. The van der Waals surface area contributed by atoms with Crippen molar-refractivity contribution in [2.24, 2.45) is 0 Å². The third kappa shape index (κ3) is 2.68. The van der Waals surface area contributed by atoms with Crippen molar-refractivity contribution in [3.63, 3.8) is 0 Å². The summed E-state index contributed by atoms with van der Waals surface area (Å²) in [6.07, 6.45) is 4.63. The Kier molecular flexibility index (Phi) is 3.77. The normalized spacial score (nSPS) is 11.1. The topological polar surface area (TPSA) is 85.4 Å². The first-order chi connectivity index (χ1) is 12.2. The first-order valence-electron chi connectivity index (χ1n) is 7.61. The summed E-state index contributed by atoms with van der Waals surface area (Å²) in [6.45, 7) is 2.37. The minimum absolute atomic E-state index is 0.245. The number of nitrogens with one attached hydrogen (secondary N) is 1. The van der Waals surface area contributed by atoms with Crippen LogP contribution >= 0.6 is 11.6 Å². The maximum Gasteiger partial charge on any atom is 0.273 e. The van der Waals surface area contributed by atoms with Gasteiger partial charge in [-0.2, -0.15) is 0 Å². The van der Waals surface area contributed by atoms with Crippen molar-refractivity contribution in [1.82, 2.24) is 19.6 Å². The second kappa shape index (κ2) is 6.10. The standard InChI is InChI=1S/C17H13ClN4O3/c1-2-24-14-7-10(3-4-12(14)18)13-8-15(23)22-16(21-13)11(9-20-22)17-19-5-6-25-17/h3-9,20H,2H2,1H3. The van der Waals surface area contributed by atoms with Gasteiger partial charge in [0.05, 0.1) is 29.1 Å². The van der Waals surface area contributed by atoms with Crippen molar-refractivity contribution in [2.45, 2.75) is 6.92 Å². The number of hydrogen-bond acceptors (Lipinski definition) is 5. The van der Waals surface area contributed by atoms with Gasteiger partial charge < -0.3 is 9.15 Å². The van der Waals surface area contributed by atoms with Gasteiger partial charge in [0.2, 0.25) is 5.89 Å². The molecule has 0 saturated carbocycles. The van der Waals surface area contributed by atoms with Crippen LogP contribution < -0.4 is 10.3 Å². The van der Waals surface area contributed by atoms with Crippen LogP contribution in [0.15, 0.2) is 52.1 Å². The molecule has 4 rings (SSSR count). The number of benzene rings is 1. The second-order valence-corrected chi connectivity index (χ2v) is 5.65. The molecular formula is C17H13ClN4O3. The Morgan fingerprint density at radius 2 is 2.24 bits per heavy atom. The summed E-state index contributed by atoms with van der Waals surface area (Å²) < 4.78 is 12.2. The Hall–Kier alpha value is -3.06. The number of H-pyrrole nitrogens is 1. The highest BCUT2D eigenvalue weighted by molar-refractivity contribution is 6.32. The molecule has 4 aromatic rings. The van der Waals surface area contributed by atoms with Gasteiger partial charge in [-0.3, -0.25) is 9.89 Å². The number of aromatic nitrogens is 4. The quantitative estimate of drug-likeness (QED) is 0.605. The van der Waals surface area contributed by atoms with Crippen molar-refractivity contribution in [3.05, 3.63) is 58.3 Å². The minimum atomic E-state index is -0.245. The Morgan fingerprint density at radius 1 is 1.36 bits per heavy atom. The van der Waals surface area contributed by atoms with E-state index in [2.05, 4.69) is 15.1 Å². The van der Waals surface area contributed by atoms with E-state index in [1.165, 1.54) is 23.0 Å². The summed E-state index contributed by atoms with van der Waals surface area (Å²) >= 11 is 6.13. The highest BCUT2D eigenvalue weighted by atomic mass is 35.5. The lowest BCUT2D eigenvalue weighted by atomic mass is 10.1. The van der Waals surface area contributed by atoms with E-state index in [0.717, 1.165) is 5.56 Å². The predicted octanol–water partition coefficient (Wildman–Crippen LogP) is 3.40. The molecule has 0 spiro atoms. The number of aromatic amines is 1. The summed E-state index contributed by atoms with van der Waals surface area (Å²) in [4.78, 5) is 21.1. The smallest absolute Gasteiger partial charge is 0.273 e. The summed E-state index contributed by atoms with van der Waals surface area (Å²) in [7, 11) is 0. The van der Waals surface area contributed by atoms with Gasteiger partial charge in [0, 0.05) is 17.8 Å². The summed E-state index contributed by atoms with van der Waals surface area (Å²) in [5.41, 5.74) is 2.02. The molecule has 0 aliphatic carbocycles. The highest BCUT2D eigenvalue weighted by Crippen LogP contribution is 2.30. The van der Waals surface area contributed by atoms with E-state index < -0.39 is 0 Å². The molecule has 7 nitrogen and oxygen atoms in total. The number of oxazole rings is 1.